The lowest BCUT2D eigenvalue weighted by Gasteiger charge is -2.33. The molecule has 2 aromatic carbocycles. The van der Waals surface area contributed by atoms with Crippen LogP contribution in [0.5, 0.6) is 0 Å². The fourth-order valence-electron chi connectivity index (χ4n) is 4.86. The highest BCUT2D eigenvalue weighted by atomic mass is 35.5. The zero-order valence-corrected chi connectivity index (χ0v) is 20.9. The summed E-state index contributed by atoms with van der Waals surface area (Å²) in [5.41, 5.74) is 0. The Balaban J connectivity index is 1.58. The lowest BCUT2D eigenvalue weighted by molar-refractivity contribution is -0.144. The minimum absolute atomic E-state index is 0.000310. The summed E-state index contributed by atoms with van der Waals surface area (Å²) < 4.78 is 28.5. The van der Waals surface area contributed by atoms with E-state index in [1.807, 2.05) is 4.90 Å². The molecule has 182 valence electrons. The van der Waals surface area contributed by atoms with Gasteiger partial charge in [-0.2, -0.15) is 4.31 Å². The Morgan fingerprint density at radius 3 is 2.53 bits per heavy atom. The van der Waals surface area contributed by atoms with E-state index in [1.165, 1.54) is 21.3 Å². The monoisotopic (exact) mass is 503 g/mol. The molecule has 2 aliphatic heterocycles. The SMILES string of the molecule is C=CCN(C1CCN([C@@H](C)C(=O)N2CCCCC2)C1=O)S(=O)(=O)c1ccc2cc(Cl)ccc2c1. The van der Waals surface area contributed by atoms with E-state index in [2.05, 4.69) is 6.58 Å². The fourth-order valence-corrected chi connectivity index (χ4v) is 6.66. The molecule has 2 fully saturated rings. The largest absolute Gasteiger partial charge is 0.341 e. The van der Waals surface area contributed by atoms with Crippen molar-refractivity contribution in [3.63, 3.8) is 0 Å². The van der Waals surface area contributed by atoms with Crippen LogP contribution in [0, 0.1) is 0 Å². The normalized spacial score (nSPS) is 20.2. The number of hydrogen-bond donors (Lipinski definition) is 0. The molecule has 4 rings (SSSR count). The van der Waals surface area contributed by atoms with Gasteiger partial charge in [-0.25, -0.2) is 8.42 Å². The summed E-state index contributed by atoms with van der Waals surface area (Å²) in [4.78, 5) is 29.8. The molecule has 0 aliphatic carbocycles. The number of carbonyl (C=O) groups excluding carboxylic acids is 2. The van der Waals surface area contributed by atoms with Crippen LogP contribution in [0.4, 0.5) is 0 Å². The molecule has 2 amide bonds. The van der Waals surface area contributed by atoms with Crippen LogP contribution < -0.4 is 0 Å². The Kier molecular flexibility index (Phi) is 7.31. The van der Waals surface area contributed by atoms with Crippen molar-refractivity contribution in [1.82, 2.24) is 14.1 Å². The molecule has 9 heteroatoms. The summed E-state index contributed by atoms with van der Waals surface area (Å²) >= 11 is 6.05. The molecular weight excluding hydrogens is 474 g/mol. The lowest BCUT2D eigenvalue weighted by atomic mass is 10.1. The van der Waals surface area contributed by atoms with Gasteiger partial charge in [-0.15, -0.1) is 6.58 Å². The van der Waals surface area contributed by atoms with E-state index in [9.17, 15) is 18.0 Å². The molecule has 0 bridgehead atoms. The van der Waals surface area contributed by atoms with Gasteiger partial charge in [0.05, 0.1) is 4.90 Å². The fraction of sp³-hybridized carbons (Fsp3) is 0.440. The van der Waals surface area contributed by atoms with Gasteiger partial charge in [0, 0.05) is 31.2 Å². The first-order chi connectivity index (χ1) is 16.2. The van der Waals surface area contributed by atoms with Crippen molar-refractivity contribution in [2.24, 2.45) is 0 Å². The summed E-state index contributed by atoms with van der Waals surface area (Å²) in [7, 11) is -3.98. The Morgan fingerprint density at radius 2 is 1.82 bits per heavy atom. The summed E-state index contributed by atoms with van der Waals surface area (Å²) in [6.45, 7) is 7.19. The second-order valence-corrected chi connectivity index (χ2v) is 11.2. The Labute approximate surface area is 206 Å². The van der Waals surface area contributed by atoms with E-state index in [1.54, 1.807) is 37.3 Å². The minimum atomic E-state index is -3.98. The van der Waals surface area contributed by atoms with Crippen LogP contribution >= 0.6 is 11.6 Å². The van der Waals surface area contributed by atoms with Gasteiger partial charge < -0.3 is 9.80 Å². The van der Waals surface area contributed by atoms with Gasteiger partial charge in [-0.3, -0.25) is 9.59 Å². The Morgan fingerprint density at radius 1 is 1.15 bits per heavy atom. The number of fused-ring (bicyclic) bond motifs is 1. The molecule has 2 heterocycles. The summed E-state index contributed by atoms with van der Waals surface area (Å²) in [5, 5.41) is 2.14. The van der Waals surface area contributed by atoms with Crippen molar-refractivity contribution >= 4 is 44.2 Å². The van der Waals surface area contributed by atoms with Crippen molar-refractivity contribution in [2.75, 3.05) is 26.2 Å². The number of rotatable bonds is 7. The molecule has 7 nitrogen and oxygen atoms in total. The van der Waals surface area contributed by atoms with Crippen LogP contribution in [0.3, 0.4) is 0 Å². The number of benzene rings is 2. The first kappa shape index (κ1) is 24.7. The zero-order chi connectivity index (χ0) is 24.5. The molecule has 2 saturated heterocycles. The van der Waals surface area contributed by atoms with Gasteiger partial charge in [0.25, 0.3) is 0 Å². The third-order valence-electron chi connectivity index (χ3n) is 6.74. The maximum absolute atomic E-state index is 13.6. The summed E-state index contributed by atoms with van der Waals surface area (Å²) in [5.74, 6) is -0.407. The standard InChI is InChI=1S/C25H30ClN3O4S/c1-3-12-29(34(32,33)22-10-8-19-16-21(26)9-7-20(19)17-22)23-11-15-28(25(23)31)18(2)24(30)27-13-5-4-6-14-27/h3,7-10,16-18,23H,1,4-6,11-15H2,2H3/t18-,23?/m0/s1. The van der Waals surface area contributed by atoms with Gasteiger partial charge in [0.1, 0.15) is 12.1 Å². The third kappa shape index (κ3) is 4.72. The predicted molar refractivity (Wildman–Crippen MR) is 133 cm³/mol. The second kappa shape index (κ2) is 10.1. The van der Waals surface area contributed by atoms with Crippen LogP contribution in [0.2, 0.25) is 5.02 Å². The molecule has 0 spiro atoms. The average molecular weight is 504 g/mol. The quantitative estimate of drug-likeness (QED) is 0.540. The van der Waals surface area contributed by atoms with E-state index in [-0.39, 0.29) is 23.3 Å². The number of likely N-dealkylation sites (tertiary alicyclic amines) is 2. The number of nitrogens with zero attached hydrogens (tertiary/aromatic N) is 3. The van der Waals surface area contributed by atoms with Crippen molar-refractivity contribution in [3.8, 4) is 0 Å². The van der Waals surface area contributed by atoms with E-state index >= 15 is 0 Å². The molecule has 0 N–H and O–H groups in total. The maximum Gasteiger partial charge on any atom is 0.245 e. The maximum atomic E-state index is 13.6. The molecule has 1 unspecified atom stereocenters. The number of carbonyl (C=O) groups is 2. The predicted octanol–water partition coefficient (Wildman–Crippen LogP) is 3.67. The van der Waals surface area contributed by atoms with Crippen LogP contribution in [0.1, 0.15) is 32.6 Å². The van der Waals surface area contributed by atoms with E-state index in [4.69, 9.17) is 11.6 Å². The number of amides is 2. The van der Waals surface area contributed by atoms with Crippen molar-refractivity contribution in [1.29, 1.82) is 0 Å². The Bertz CT molecular complexity index is 1210. The molecule has 34 heavy (non-hydrogen) atoms. The molecule has 0 saturated carbocycles. The van der Waals surface area contributed by atoms with Gasteiger partial charge in [0.2, 0.25) is 21.8 Å². The smallest absolute Gasteiger partial charge is 0.245 e. The van der Waals surface area contributed by atoms with Gasteiger partial charge in [-0.05, 0) is 67.6 Å². The van der Waals surface area contributed by atoms with Crippen molar-refractivity contribution in [2.45, 2.75) is 49.6 Å². The number of halogens is 1. The average Bonchev–Trinajstić information content (AvgIpc) is 3.22. The first-order valence-corrected chi connectivity index (χ1v) is 13.5. The summed E-state index contributed by atoms with van der Waals surface area (Å²) in [6, 6.07) is 8.59. The molecule has 2 atom stereocenters. The van der Waals surface area contributed by atoms with Crippen LogP contribution in [-0.4, -0.2) is 72.6 Å². The van der Waals surface area contributed by atoms with Gasteiger partial charge >= 0.3 is 0 Å². The zero-order valence-electron chi connectivity index (χ0n) is 19.3. The number of piperidine rings is 1. The highest BCUT2D eigenvalue weighted by Gasteiger charge is 2.44. The first-order valence-electron chi connectivity index (χ1n) is 11.7. The topological polar surface area (TPSA) is 78.0 Å². The highest BCUT2D eigenvalue weighted by molar-refractivity contribution is 7.89. The van der Waals surface area contributed by atoms with Gasteiger partial charge in [0.15, 0.2) is 0 Å². The Hall–Kier alpha value is -2.42. The lowest BCUT2D eigenvalue weighted by Crippen LogP contribution is -2.52. The van der Waals surface area contributed by atoms with Gasteiger partial charge in [-0.1, -0.05) is 29.8 Å². The van der Waals surface area contributed by atoms with E-state index < -0.39 is 22.1 Å². The van der Waals surface area contributed by atoms with E-state index in [0.29, 0.717) is 31.1 Å². The molecule has 2 aromatic rings. The second-order valence-electron chi connectivity index (χ2n) is 8.91. The minimum Gasteiger partial charge on any atom is -0.341 e. The van der Waals surface area contributed by atoms with Crippen LogP contribution in [0.25, 0.3) is 10.8 Å². The van der Waals surface area contributed by atoms with Crippen molar-refractivity contribution < 1.29 is 18.0 Å². The molecule has 2 aliphatic rings. The van der Waals surface area contributed by atoms with E-state index in [0.717, 1.165) is 30.0 Å². The third-order valence-corrected chi connectivity index (χ3v) is 8.85. The van der Waals surface area contributed by atoms with Crippen LogP contribution in [-0.2, 0) is 19.6 Å². The highest BCUT2D eigenvalue weighted by Crippen LogP contribution is 2.29. The number of sulfonamides is 1. The summed E-state index contributed by atoms with van der Waals surface area (Å²) in [6.07, 6.45) is 4.86. The molecule has 0 aromatic heterocycles. The molecule has 0 radical (unpaired) electrons. The molecular formula is C25H30ClN3O4S. The van der Waals surface area contributed by atoms with Crippen LogP contribution in [0.15, 0.2) is 53.9 Å². The van der Waals surface area contributed by atoms with Crippen molar-refractivity contribution in [3.05, 3.63) is 54.1 Å². The number of hydrogen-bond acceptors (Lipinski definition) is 4.